The predicted molar refractivity (Wildman–Crippen MR) is 182 cm³/mol. The Labute approximate surface area is 279 Å². The Kier molecular flexibility index (Phi) is 16.4. The van der Waals surface area contributed by atoms with E-state index in [2.05, 4.69) is 35.1 Å². The van der Waals surface area contributed by atoms with Gasteiger partial charge in [0.2, 0.25) is 29.5 Å². The van der Waals surface area contributed by atoms with Crippen LogP contribution in [-0.4, -0.2) is 65.6 Å². The van der Waals surface area contributed by atoms with Gasteiger partial charge in [0, 0.05) is 37.5 Å². The highest BCUT2D eigenvalue weighted by Crippen LogP contribution is 2.26. The zero-order valence-electron chi connectivity index (χ0n) is 29.0. The van der Waals surface area contributed by atoms with Gasteiger partial charge in [-0.15, -0.1) is 0 Å². The molecule has 1 fully saturated rings. The van der Waals surface area contributed by atoms with Crippen molar-refractivity contribution in [1.29, 1.82) is 0 Å². The topological polar surface area (TPSA) is 180 Å². The quantitative estimate of drug-likeness (QED) is 0.105. The highest BCUT2D eigenvalue weighted by Gasteiger charge is 2.39. The number of carbonyl (C=O) groups is 6. The van der Waals surface area contributed by atoms with E-state index >= 15 is 0 Å². The first-order valence-electron chi connectivity index (χ1n) is 17.1. The van der Waals surface area contributed by atoms with Crippen molar-refractivity contribution < 1.29 is 28.8 Å². The normalized spacial score (nSPS) is 16.0. The lowest BCUT2D eigenvalue weighted by Crippen LogP contribution is -2.54. The molecule has 0 radical (unpaired) electrons. The molecule has 12 heteroatoms. The van der Waals surface area contributed by atoms with Crippen LogP contribution < -0.4 is 27.0 Å². The molecule has 47 heavy (non-hydrogen) atoms. The molecule has 262 valence electrons. The SMILES string of the molecule is CC(C)Cc1ccc(NC(=O)[C@H](CCCCNC(N)=O)NC(=O)[C@@H](NC(=O)CCCCCN2C(=O)CC(C(C)C)C2=O)C(C)C)cc1. The maximum Gasteiger partial charge on any atom is 0.312 e. The Balaban J connectivity index is 1.93. The largest absolute Gasteiger partial charge is 0.352 e. The number of benzene rings is 1. The van der Waals surface area contributed by atoms with Crippen LogP contribution in [-0.2, 0) is 30.4 Å². The van der Waals surface area contributed by atoms with Crippen molar-refractivity contribution >= 4 is 41.3 Å². The molecule has 12 nitrogen and oxygen atoms in total. The highest BCUT2D eigenvalue weighted by molar-refractivity contribution is 6.03. The van der Waals surface area contributed by atoms with Crippen molar-refractivity contribution in [3.05, 3.63) is 29.8 Å². The summed E-state index contributed by atoms with van der Waals surface area (Å²) in [5, 5.41) is 11.1. The van der Waals surface area contributed by atoms with Gasteiger partial charge in [-0.3, -0.25) is 28.9 Å². The van der Waals surface area contributed by atoms with Gasteiger partial charge in [-0.05, 0) is 74.0 Å². The molecular weight excluding hydrogens is 600 g/mol. The summed E-state index contributed by atoms with van der Waals surface area (Å²) in [7, 11) is 0. The maximum atomic E-state index is 13.4. The number of primary amides is 1. The second kappa shape index (κ2) is 19.6. The number of rotatable bonds is 20. The van der Waals surface area contributed by atoms with E-state index in [9.17, 15) is 28.8 Å². The van der Waals surface area contributed by atoms with Crippen LogP contribution in [0.2, 0.25) is 0 Å². The van der Waals surface area contributed by atoms with E-state index in [1.54, 1.807) is 0 Å². The molecule has 0 aromatic heterocycles. The lowest BCUT2D eigenvalue weighted by molar-refractivity contribution is -0.140. The molecule has 1 heterocycles. The van der Waals surface area contributed by atoms with Crippen molar-refractivity contribution in [3.8, 4) is 0 Å². The predicted octanol–water partition coefficient (Wildman–Crippen LogP) is 3.88. The van der Waals surface area contributed by atoms with Gasteiger partial charge in [-0.2, -0.15) is 0 Å². The highest BCUT2D eigenvalue weighted by atomic mass is 16.2. The fourth-order valence-corrected chi connectivity index (χ4v) is 5.62. The summed E-state index contributed by atoms with van der Waals surface area (Å²) in [5.41, 5.74) is 6.91. The molecule has 6 N–H and O–H groups in total. The minimum atomic E-state index is -0.865. The molecule has 1 aromatic rings. The third-order valence-electron chi connectivity index (χ3n) is 8.35. The van der Waals surface area contributed by atoms with Gasteiger partial charge in [-0.25, -0.2) is 4.79 Å². The number of anilines is 1. The van der Waals surface area contributed by atoms with E-state index < -0.39 is 24.0 Å². The van der Waals surface area contributed by atoms with E-state index in [4.69, 9.17) is 5.73 Å². The Morgan fingerprint density at radius 2 is 1.55 bits per heavy atom. The molecular formula is C35H56N6O6. The van der Waals surface area contributed by atoms with Crippen LogP contribution >= 0.6 is 0 Å². The molecule has 1 aliphatic rings. The monoisotopic (exact) mass is 656 g/mol. The van der Waals surface area contributed by atoms with E-state index in [0.29, 0.717) is 63.2 Å². The second-order valence-corrected chi connectivity index (χ2v) is 13.7. The lowest BCUT2D eigenvalue weighted by atomic mass is 9.94. The number of nitrogens with zero attached hydrogens (tertiary/aromatic N) is 1. The van der Waals surface area contributed by atoms with Crippen LogP contribution in [0.1, 0.15) is 98.5 Å². The van der Waals surface area contributed by atoms with Crippen molar-refractivity contribution in [2.24, 2.45) is 29.4 Å². The number of nitrogens with one attached hydrogen (secondary N) is 4. The Morgan fingerprint density at radius 3 is 2.13 bits per heavy atom. The number of imide groups is 1. The number of likely N-dealkylation sites (tertiary alicyclic amines) is 1. The van der Waals surface area contributed by atoms with Gasteiger partial charge in [0.1, 0.15) is 12.1 Å². The van der Waals surface area contributed by atoms with Crippen LogP contribution in [0.5, 0.6) is 0 Å². The van der Waals surface area contributed by atoms with Gasteiger partial charge in [0.15, 0.2) is 0 Å². The average Bonchev–Trinajstić information content (AvgIpc) is 3.28. The summed E-state index contributed by atoms with van der Waals surface area (Å²) in [4.78, 5) is 76.7. The summed E-state index contributed by atoms with van der Waals surface area (Å²) in [6.07, 6.45) is 4.61. The third-order valence-corrected chi connectivity index (χ3v) is 8.35. The number of unbranched alkanes of at least 4 members (excludes halogenated alkanes) is 3. The van der Waals surface area contributed by atoms with Crippen molar-refractivity contribution in [3.63, 3.8) is 0 Å². The van der Waals surface area contributed by atoms with E-state index in [1.807, 2.05) is 52.0 Å². The van der Waals surface area contributed by atoms with Crippen LogP contribution in [0, 0.1) is 23.7 Å². The average molecular weight is 657 g/mol. The van der Waals surface area contributed by atoms with Gasteiger partial charge >= 0.3 is 6.03 Å². The zero-order valence-corrected chi connectivity index (χ0v) is 29.0. The van der Waals surface area contributed by atoms with Gasteiger partial charge in [0.25, 0.3) is 0 Å². The maximum absolute atomic E-state index is 13.4. The molecule has 7 amide bonds. The van der Waals surface area contributed by atoms with Crippen LogP contribution in [0.25, 0.3) is 0 Å². The first-order valence-corrected chi connectivity index (χ1v) is 17.1. The Morgan fingerprint density at radius 1 is 0.872 bits per heavy atom. The summed E-state index contributed by atoms with van der Waals surface area (Å²) in [6, 6.07) is 5.28. The van der Waals surface area contributed by atoms with Crippen LogP contribution in [0.4, 0.5) is 10.5 Å². The summed E-state index contributed by atoms with van der Waals surface area (Å²) in [6.45, 7) is 12.5. The summed E-state index contributed by atoms with van der Waals surface area (Å²) in [5.74, 6) is -1.22. The van der Waals surface area contributed by atoms with Crippen molar-refractivity contribution in [2.45, 2.75) is 111 Å². The van der Waals surface area contributed by atoms with Crippen LogP contribution in [0.3, 0.4) is 0 Å². The molecule has 0 bridgehead atoms. The Hall–Kier alpha value is -3.96. The summed E-state index contributed by atoms with van der Waals surface area (Å²) >= 11 is 0. The molecule has 0 spiro atoms. The number of hydrogen-bond donors (Lipinski definition) is 5. The number of nitrogens with two attached hydrogens (primary N) is 1. The smallest absolute Gasteiger partial charge is 0.312 e. The number of urea groups is 1. The minimum Gasteiger partial charge on any atom is -0.352 e. The number of amides is 7. The van der Waals surface area contributed by atoms with E-state index in [0.717, 1.165) is 12.0 Å². The second-order valence-electron chi connectivity index (χ2n) is 13.7. The van der Waals surface area contributed by atoms with Crippen LogP contribution in [0.15, 0.2) is 24.3 Å². The summed E-state index contributed by atoms with van der Waals surface area (Å²) < 4.78 is 0. The molecule has 1 saturated heterocycles. The molecule has 0 aliphatic carbocycles. The Bertz CT molecular complexity index is 1220. The molecule has 0 saturated carbocycles. The third kappa shape index (κ3) is 13.7. The molecule has 1 aromatic carbocycles. The molecule has 1 aliphatic heterocycles. The molecule has 2 rings (SSSR count). The standard InChI is InChI=1S/C35H56N6O6/c1-22(2)20-25-14-16-26(17-15-25)38-32(44)28(12-9-10-18-37-35(36)47)39-33(45)31(24(5)6)40-29(42)13-8-7-11-19-41-30(43)21-27(23(3)4)34(41)46/h14-17,22-24,27-28,31H,7-13,18-21H2,1-6H3,(H,38,44)(H,39,45)(H,40,42)(H3,36,37,47)/t27?,28-,31-/m0/s1. The number of carbonyl (C=O) groups excluding carboxylic acids is 6. The van der Waals surface area contributed by atoms with E-state index in [-0.39, 0.29) is 54.2 Å². The van der Waals surface area contributed by atoms with E-state index in [1.165, 1.54) is 4.90 Å². The molecule has 3 atom stereocenters. The van der Waals surface area contributed by atoms with Gasteiger partial charge in [0.05, 0.1) is 0 Å². The van der Waals surface area contributed by atoms with Gasteiger partial charge in [-0.1, -0.05) is 60.1 Å². The zero-order chi connectivity index (χ0) is 35.1. The first-order chi connectivity index (χ1) is 22.2. The minimum absolute atomic E-state index is 0.109. The lowest BCUT2D eigenvalue weighted by Gasteiger charge is -2.25. The van der Waals surface area contributed by atoms with Crippen molar-refractivity contribution in [2.75, 3.05) is 18.4 Å². The van der Waals surface area contributed by atoms with Gasteiger partial charge < -0.3 is 27.0 Å². The fourth-order valence-electron chi connectivity index (χ4n) is 5.62. The van der Waals surface area contributed by atoms with Crippen molar-refractivity contribution in [1.82, 2.24) is 20.9 Å². The first kappa shape index (κ1) is 39.2. The number of hydrogen-bond acceptors (Lipinski definition) is 6. The molecule has 1 unspecified atom stereocenters. The fraction of sp³-hybridized carbons (Fsp3) is 0.657.